The summed E-state index contributed by atoms with van der Waals surface area (Å²) in [5.41, 5.74) is 1.08. The summed E-state index contributed by atoms with van der Waals surface area (Å²) in [6.07, 6.45) is -0.458. The van der Waals surface area contributed by atoms with Crippen molar-refractivity contribution >= 4 is 11.6 Å². The maximum atomic E-state index is 11.7. The molecule has 0 aromatic heterocycles. The molecule has 0 aliphatic carbocycles. The van der Waals surface area contributed by atoms with Crippen LogP contribution >= 0.6 is 0 Å². The minimum Gasteiger partial charge on any atom is -0.478 e. The molecule has 2 rings (SSSR count). The van der Waals surface area contributed by atoms with Gasteiger partial charge in [0.2, 0.25) is 0 Å². The predicted molar refractivity (Wildman–Crippen MR) is 59.0 cm³/mol. The van der Waals surface area contributed by atoms with E-state index in [1.54, 1.807) is 18.2 Å². The van der Waals surface area contributed by atoms with Crippen LogP contribution in [-0.4, -0.2) is 12.0 Å². The third-order valence-electron chi connectivity index (χ3n) is 2.48. The van der Waals surface area contributed by atoms with Gasteiger partial charge in [-0.25, -0.2) is 0 Å². The first-order valence-electron chi connectivity index (χ1n) is 5.13. The molecular formula is C12H12N2O2. The molecule has 82 valence electrons. The predicted octanol–water partition coefficient (Wildman–Crippen LogP) is 1.91. The van der Waals surface area contributed by atoms with Gasteiger partial charge in [0, 0.05) is 0 Å². The number of hydrogen-bond acceptors (Lipinski definition) is 3. The number of ether oxygens (including phenoxy) is 1. The van der Waals surface area contributed by atoms with Crippen LogP contribution in [0.25, 0.3) is 0 Å². The molecule has 1 aromatic carbocycles. The van der Waals surface area contributed by atoms with Gasteiger partial charge in [-0.15, -0.1) is 0 Å². The van der Waals surface area contributed by atoms with Crippen LogP contribution in [0.5, 0.6) is 5.75 Å². The minimum absolute atomic E-state index is 0.115. The number of nitrogens with one attached hydrogen (secondary N) is 1. The number of rotatable bonds is 1. The standard InChI is InChI=1S/C12H12N2O2/c1-7(2)11-12(15)14-9-5-8(6-13)3-4-10(9)16-11/h3-5,7,11H,1-2H3,(H,14,15). The smallest absolute Gasteiger partial charge is 0.265 e. The molecule has 1 unspecified atom stereocenters. The first kappa shape index (κ1) is 10.5. The number of carbonyl (C=O) groups excluding carboxylic acids is 1. The van der Waals surface area contributed by atoms with E-state index < -0.39 is 6.10 Å². The van der Waals surface area contributed by atoms with Crippen LogP contribution in [-0.2, 0) is 4.79 Å². The molecule has 1 N–H and O–H groups in total. The van der Waals surface area contributed by atoms with Crippen LogP contribution in [0.1, 0.15) is 19.4 Å². The molecule has 0 saturated heterocycles. The zero-order chi connectivity index (χ0) is 11.7. The lowest BCUT2D eigenvalue weighted by Crippen LogP contribution is -2.40. The first-order valence-corrected chi connectivity index (χ1v) is 5.13. The molecule has 0 saturated carbocycles. The van der Waals surface area contributed by atoms with Gasteiger partial charge in [-0.1, -0.05) is 13.8 Å². The van der Waals surface area contributed by atoms with E-state index >= 15 is 0 Å². The Morgan fingerprint density at radius 2 is 2.25 bits per heavy atom. The van der Waals surface area contributed by atoms with E-state index in [0.717, 1.165) is 0 Å². The number of fused-ring (bicyclic) bond motifs is 1. The van der Waals surface area contributed by atoms with Gasteiger partial charge < -0.3 is 10.1 Å². The maximum Gasteiger partial charge on any atom is 0.265 e. The number of amides is 1. The number of nitriles is 1. The molecule has 1 heterocycles. The molecule has 1 aromatic rings. The van der Waals surface area contributed by atoms with Gasteiger partial charge in [-0.2, -0.15) is 5.26 Å². The van der Waals surface area contributed by atoms with Gasteiger partial charge in [-0.05, 0) is 24.1 Å². The zero-order valence-corrected chi connectivity index (χ0v) is 9.15. The van der Waals surface area contributed by atoms with E-state index in [0.29, 0.717) is 17.0 Å². The lowest BCUT2D eigenvalue weighted by atomic mass is 10.0. The van der Waals surface area contributed by atoms with Crippen LogP contribution in [0.2, 0.25) is 0 Å². The summed E-state index contributed by atoms with van der Waals surface area (Å²) in [7, 11) is 0. The quantitative estimate of drug-likeness (QED) is 0.780. The Morgan fingerprint density at radius 1 is 1.50 bits per heavy atom. The number of hydrogen-bond donors (Lipinski definition) is 1. The molecule has 4 nitrogen and oxygen atoms in total. The van der Waals surface area contributed by atoms with Crippen LogP contribution in [0.3, 0.4) is 0 Å². The van der Waals surface area contributed by atoms with Gasteiger partial charge in [0.15, 0.2) is 6.10 Å². The Labute approximate surface area is 93.8 Å². The molecule has 1 atom stereocenters. The summed E-state index contributed by atoms with van der Waals surface area (Å²) in [4.78, 5) is 11.7. The van der Waals surface area contributed by atoms with E-state index in [9.17, 15) is 4.79 Å². The van der Waals surface area contributed by atoms with Crippen molar-refractivity contribution in [3.63, 3.8) is 0 Å². The van der Waals surface area contributed by atoms with Crippen LogP contribution in [0.4, 0.5) is 5.69 Å². The van der Waals surface area contributed by atoms with Gasteiger partial charge >= 0.3 is 0 Å². The Morgan fingerprint density at radius 3 is 2.88 bits per heavy atom. The summed E-state index contributed by atoms with van der Waals surface area (Å²) >= 11 is 0. The molecule has 1 aliphatic rings. The Kier molecular flexibility index (Phi) is 2.53. The highest BCUT2D eigenvalue weighted by Crippen LogP contribution is 2.31. The minimum atomic E-state index is -0.458. The van der Waals surface area contributed by atoms with Crippen LogP contribution in [0.15, 0.2) is 18.2 Å². The van der Waals surface area contributed by atoms with Gasteiger partial charge in [0.1, 0.15) is 5.75 Å². The van der Waals surface area contributed by atoms with Crippen molar-refractivity contribution in [3.05, 3.63) is 23.8 Å². The van der Waals surface area contributed by atoms with E-state index in [-0.39, 0.29) is 11.8 Å². The second-order valence-corrected chi connectivity index (χ2v) is 4.09. The third-order valence-corrected chi connectivity index (χ3v) is 2.48. The maximum absolute atomic E-state index is 11.7. The van der Waals surface area contributed by atoms with E-state index in [4.69, 9.17) is 10.00 Å². The summed E-state index contributed by atoms with van der Waals surface area (Å²) in [5, 5.41) is 11.5. The summed E-state index contributed by atoms with van der Waals surface area (Å²) < 4.78 is 5.58. The highest BCUT2D eigenvalue weighted by molar-refractivity contribution is 5.98. The average molecular weight is 216 g/mol. The highest BCUT2D eigenvalue weighted by atomic mass is 16.5. The van der Waals surface area contributed by atoms with Crippen molar-refractivity contribution in [1.29, 1.82) is 5.26 Å². The average Bonchev–Trinajstić information content (AvgIpc) is 2.27. The number of nitrogens with zero attached hydrogens (tertiary/aromatic N) is 1. The molecule has 0 bridgehead atoms. The topological polar surface area (TPSA) is 62.1 Å². The fourth-order valence-electron chi connectivity index (χ4n) is 1.63. The Balaban J connectivity index is 2.36. The molecule has 16 heavy (non-hydrogen) atoms. The SMILES string of the molecule is CC(C)C1Oc2ccc(C#N)cc2NC1=O. The summed E-state index contributed by atoms with van der Waals surface area (Å²) in [6, 6.07) is 7.02. The molecule has 1 amide bonds. The fourth-order valence-corrected chi connectivity index (χ4v) is 1.63. The van der Waals surface area contributed by atoms with Crippen molar-refractivity contribution in [2.75, 3.05) is 5.32 Å². The highest BCUT2D eigenvalue weighted by Gasteiger charge is 2.30. The lowest BCUT2D eigenvalue weighted by molar-refractivity contribution is -0.125. The zero-order valence-electron chi connectivity index (χ0n) is 9.15. The van der Waals surface area contributed by atoms with Gasteiger partial charge in [0.25, 0.3) is 5.91 Å². The van der Waals surface area contributed by atoms with E-state index in [1.165, 1.54) is 0 Å². The third kappa shape index (κ3) is 1.72. The number of anilines is 1. The monoisotopic (exact) mass is 216 g/mol. The van der Waals surface area contributed by atoms with Crippen molar-refractivity contribution in [2.24, 2.45) is 5.92 Å². The molecule has 0 radical (unpaired) electrons. The van der Waals surface area contributed by atoms with Gasteiger partial charge in [0.05, 0.1) is 17.3 Å². The molecule has 0 fully saturated rings. The lowest BCUT2D eigenvalue weighted by Gasteiger charge is -2.28. The van der Waals surface area contributed by atoms with Crippen molar-refractivity contribution in [1.82, 2.24) is 0 Å². The summed E-state index contributed by atoms with van der Waals surface area (Å²) in [5.74, 6) is 0.582. The van der Waals surface area contributed by atoms with Crippen molar-refractivity contribution < 1.29 is 9.53 Å². The van der Waals surface area contributed by atoms with Crippen LogP contribution in [0, 0.1) is 17.2 Å². The molecule has 1 aliphatic heterocycles. The molecular weight excluding hydrogens is 204 g/mol. The second kappa shape index (κ2) is 3.86. The molecule has 0 spiro atoms. The summed E-state index contributed by atoms with van der Waals surface area (Å²) in [6.45, 7) is 3.86. The molecule has 4 heteroatoms. The first-order chi connectivity index (χ1) is 7.61. The Hall–Kier alpha value is -2.02. The largest absolute Gasteiger partial charge is 0.478 e. The van der Waals surface area contributed by atoms with E-state index in [2.05, 4.69) is 5.32 Å². The van der Waals surface area contributed by atoms with Crippen molar-refractivity contribution in [3.8, 4) is 11.8 Å². The number of benzene rings is 1. The number of carbonyl (C=O) groups is 1. The van der Waals surface area contributed by atoms with Crippen LogP contribution < -0.4 is 10.1 Å². The Bertz CT molecular complexity index is 474. The normalized spacial score (nSPS) is 18.4. The fraction of sp³-hybridized carbons (Fsp3) is 0.333. The van der Waals surface area contributed by atoms with Gasteiger partial charge in [-0.3, -0.25) is 4.79 Å². The van der Waals surface area contributed by atoms with Crippen molar-refractivity contribution in [2.45, 2.75) is 20.0 Å². The second-order valence-electron chi connectivity index (χ2n) is 4.09. The van der Waals surface area contributed by atoms with E-state index in [1.807, 2.05) is 19.9 Å².